The Labute approximate surface area is 116 Å². The molecule has 1 rings (SSSR count). The van der Waals surface area contributed by atoms with E-state index in [1.807, 2.05) is 44.2 Å². The third-order valence-electron chi connectivity index (χ3n) is 3.04. The van der Waals surface area contributed by atoms with Crippen LogP contribution in [-0.2, 0) is 15.6 Å². The normalized spacial score (nSPS) is 12.1. The molecule has 0 heterocycles. The van der Waals surface area contributed by atoms with Gasteiger partial charge in [0.2, 0.25) is 0 Å². The van der Waals surface area contributed by atoms with Crippen molar-refractivity contribution in [2.45, 2.75) is 38.9 Å². The number of unbranched alkanes of at least 4 members (excludes halogenated alkanes) is 1. The number of rotatable bonds is 7. The Morgan fingerprint density at radius 3 is 2.37 bits per heavy atom. The molecule has 0 bridgehead atoms. The topological polar surface area (TPSA) is 57.9 Å². The summed E-state index contributed by atoms with van der Waals surface area (Å²) in [7, 11) is -3.04. The fourth-order valence-corrected chi connectivity index (χ4v) is 3.33. The van der Waals surface area contributed by atoms with Gasteiger partial charge >= 0.3 is 0 Å². The summed E-state index contributed by atoms with van der Waals surface area (Å²) >= 11 is 0. The molecular weight excluding hydrogens is 258 g/mol. The average Bonchev–Trinajstić information content (AvgIpc) is 2.35. The molecule has 3 nitrogen and oxygen atoms in total. The average molecular weight is 279 g/mol. The van der Waals surface area contributed by atoms with Gasteiger partial charge in [0.15, 0.2) is 9.84 Å². The highest BCUT2D eigenvalue weighted by atomic mass is 32.2. The fourth-order valence-electron chi connectivity index (χ4n) is 1.85. The van der Waals surface area contributed by atoms with Gasteiger partial charge < -0.3 is 0 Å². The zero-order valence-corrected chi connectivity index (χ0v) is 12.4. The second-order valence-electron chi connectivity index (χ2n) is 5.53. The molecule has 0 spiro atoms. The first-order chi connectivity index (χ1) is 8.85. The van der Waals surface area contributed by atoms with E-state index in [-0.39, 0.29) is 16.9 Å². The van der Waals surface area contributed by atoms with E-state index >= 15 is 0 Å². The minimum absolute atomic E-state index is 0.107. The van der Waals surface area contributed by atoms with Crippen LogP contribution in [0.1, 0.15) is 38.7 Å². The van der Waals surface area contributed by atoms with Gasteiger partial charge in [-0.25, -0.2) is 8.42 Å². The summed E-state index contributed by atoms with van der Waals surface area (Å²) in [5, 5.41) is 8.88. The SMILES string of the molecule is CC(C)(C#N)CCCCS(=O)(=O)Cc1ccccc1. The summed E-state index contributed by atoms with van der Waals surface area (Å²) < 4.78 is 23.9. The molecule has 0 aliphatic carbocycles. The standard InChI is InChI=1S/C15H21NO2S/c1-15(2,13-16)10-6-7-11-19(17,18)12-14-8-4-3-5-9-14/h3-5,8-9H,6-7,10-12H2,1-2H3. The van der Waals surface area contributed by atoms with Crippen molar-refractivity contribution in [2.75, 3.05) is 5.75 Å². The molecule has 0 aliphatic rings. The lowest BCUT2D eigenvalue weighted by Crippen LogP contribution is -2.12. The Morgan fingerprint density at radius 2 is 1.79 bits per heavy atom. The number of nitriles is 1. The molecule has 0 saturated carbocycles. The summed E-state index contributed by atoms with van der Waals surface area (Å²) in [4.78, 5) is 0. The molecule has 19 heavy (non-hydrogen) atoms. The maximum absolute atomic E-state index is 11.9. The van der Waals surface area contributed by atoms with Crippen LogP contribution in [0.15, 0.2) is 30.3 Å². The highest BCUT2D eigenvalue weighted by Crippen LogP contribution is 2.22. The third kappa shape index (κ3) is 6.40. The van der Waals surface area contributed by atoms with Crippen molar-refractivity contribution in [1.82, 2.24) is 0 Å². The zero-order valence-electron chi connectivity index (χ0n) is 11.6. The van der Waals surface area contributed by atoms with Crippen molar-refractivity contribution < 1.29 is 8.42 Å². The number of benzene rings is 1. The van der Waals surface area contributed by atoms with Crippen LogP contribution in [0.4, 0.5) is 0 Å². The van der Waals surface area contributed by atoms with Gasteiger partial charge in [0, 0.05) is 0 Å². The van der Waals surface area contributed by atoms with Crippen molar-refractivity contribution in [3.8, 4) is 6.07 Å². The highest BCUT2D eigenvalue weighted by Gasteiger charge is 2.17. The molecule has 1 aromatic rings. The molecule has 0 fully saturated rings. The van der Waals surface area contributed by atoms with Gasteiger partial charge in [-0.2, -0.15) is 5.26 Å². The second kappa shape index (κ2) is 6.72. The van der Waals surface area contributed by atoms with Crippen LogP contribution >= 0.6 is 0 Å². The van der Waals surface area contributed by atoms with Crippen LogP contribution < -0.4 is 0 Å². The Balaban J connectivity index is 2.39. The smallest absolute Gasteiger partial charge is 0.154 e. The Kier molecular flexibility index (Phi) is 5.56. The maximum Gasteiger partial charge on any atom is 0.154 e. The summed E-state index contributed by atoms with van der Waals surface area (Å²) in [5.74, 6) is 0.304. The third-order valence-corrected chi connectivity index (χ3v) is 4.72. The van der Waals surface area contributed by atoms with Gasteiger partial charge in [0.1, 0.15) is 0 Å². The second-order valence-corrected chi connectivity index (χ2v) is 7.71. The van der Waals surface area contributed by atoms with Gasteiger partial charge in [-0.05, 0) is 32.3 Å². The van der Waals surface area contributed by atoms with Crippen LogP contribution in [0.2, 0.25) is 0 Å². The van der Waals surface area contributed by atoms with Gasteiger partial charge in [-0.15, -0.1) is 0 Å². The number of hydrogen-bond donors (Lipinski definition) is 0. The molecule has 0 aliphatic heterocycles. The molecule has 0 atom stereocenters. The van der Waals surface area contributed by atoms with Crippen molar-refractivity contribution in [1.29, 1.82) is 5.26 Å². The lowest BCUT2D eigenvalue weighted by molar-refractivity contribution is 0.431. The van der Waals surface area contributed by atoms with E-state index in [1.165, 1.54) is 0 Å². The molecule has 0 aromatic heterocycles. The van der Waals surface area contributed by atoms with Crippen molar-refractivity contribution in [2.24, 2.45) is 5.41 Å². The van der Waals surface area contributed by atoms with E-state index in [0.717, 1.165) is 18.4 Å². The Bertz CT molecular complexity index is 527. The summed E-state index contributed by atoms with van der Waals surface area (Å²) in [5.41, 5.74) is 0.475. The van der Waals surface area contributed by atoms with E-state index in [1.54, 1.807) is 0 Å². The van der Waals surface area contributed by atoms with E-state index in [4.69, 9.17) is 5.26 Å². The Morgan fingerprint density at radius 1 is 1.16 bits per heavy atom. The molecule has 0 saturated heterocycles. The van der Waals surface area contributed by atoms with Crippen molar-refractivity contribution >= 4 is 9.84 Å². The molecule has 1 aromatic carbocycles. The van der Waals surface area contributed by atoms with Gasteiger partial charge in [-0.1, -0.05) is 36.8 Å². The predicted octanol–water partition coefficient (Wildman–Crippen LogP) is 3.32. The summed E-state index contributed by atoms with van der Waals surface area (Å²) in [6, 6.07) is 11.5. The number of hydrogen-bond acceptors (Lipinski definition) is 3. The van der Waals surface area contributed by atoms with E-state index < -0.39 is 9.84 Å². The van der Waals surface area contributed by atoms with Gasteiger partial charge in [-0.3, -0.25) is 0 Å². The minimum atomic E-state index is -3.04. The van der Waals surface area contributed by atoms with E-state index in [2.05, 4.69) is 6.07 Å². The molecule has 0 radical (unpaired) electrons. The van der Waals surface area contributed by atoms with Crippen LogP contribution in [0.25, 0.3) is 0 Å². The molecule has 104 valence electrons. The first kappa shape index (κ1) is 15.7. The molecular formula is C15H21NO2S. The molecule has 0 unspecified atom stereocenters. The van der Waals surface area contributed by atoms with Gasteiger partial charge in [0.25, 0.3) is 0 Å². The number of sulfone groups is 1. The van der Waals surface area contributed by atoms with Gasteiger partial charge in [0.05, 0.1) is 23.0 Å². The maximum atomic E-state index is 11.9. The minimum Gasteiger partial charge on any atom is -0.228 e. The lowest BCUT2D eigenvalue weighted by Gasteiger charge is -2.14. The van der Waals surface area contributed by atoms with E-state index in [0.29, 0.717) is 6.42 Å². The molecule has 4 heteroatoms. The lowest BCUT2D eigenvalue weighted by atomic mass is 9.89. The quantitative estimate of drug-likeness (QED) is 0.719. The molecule has 0 amide bonds. The monoisotopic (exact) mass is 279 g/mol. The van der Waals surface area contributed by atoms with Crippen LogP contribution in [-0.4, -0.2) is 14.2 Å². The fraction of sp³-hybridized carbons (Fsp3) is 0.533. The summed E-state index contributed by atoms with van der Waals surface area (Å²) in [6.45, 7) is 3.76. The van der Waals surface area contributed by atoms with E-state index in [9.17, 15) is 8.42 Å². The zero-order chi connectivity index (χ0) is 14.4. The first-order valence-electron chi connectivity index (χ1n) is 6.50. The van der Waals surface area contributed by atoms with Crippen molar-refractivity contribution in [3.05, 3.63) is 35.9 Å². The van der Waals surface area contributed by atoms with Crippen LogP contribution in [0, 0.1) is 16.7 Å². The Hall–Kier alpha value is -1.34. The van der Waals surface area contributed by atoms with Crippen LogP contribution in [0.5, 0.6) is 0 Å². The predicted molar refractivity (Wildman–Crippen MR) is 77.2 cm³/mol. The summed E-state index contributed by atoms with van der Waals surface area (Å²) in [6.07, 6.45) is 2.14. The van der Waals surface area contributed by atoms with Crippen molar-refractivity contribution in [3.63, 3.8) is 0 Å². The van der Waals surface area contributed by atoms with Crippen LogP contribution in [0.3, 0.4) is 0 Å². The first-order valence-corrected chi connectivity index (χ1v) is 8.32. The largest absolute Gasteiger partial charge is 0.228 e. The molecule has 0 N–H and O–H groups in total. The number of nitrogens with zero attached hydrogens (tertiary/aromatic N) is 1. The highest BCUT2D eigenvalue weighted by molar-refractivity contribution is 7.90.